The third-order valence-corrected chi connectivity index (χ3v) is 7.36. The van der Waals surface area contributed by atoms with Crippen LogP contribution in [0.2, 0.25) is 5.02 Å². The number of anilines is 2. The molecule has 32 heavy (non-hydrogen) atoms. The number of nitrogens with one attached hydrogen (secondary N) is 1. The Kier molecular flexibility index (Phi) is 5.95. The van der Waals surface area contributed by atoms with Gasteiger partial charge in [-0.15, -0.1) is 0 Å². The maximum Gasteiger partial charge on any atom is 0.270 e. The van der Waals surface area contributed by atoms with Crippen molar-refractivity contribution in [3.05, 3.63) is 93.9 Å². The molecule has 1 heterocycles. The Morgan fingerprint density at radius 1 is 1.03 bits per heavy atom. The number of rotatable bonds is 5. The van der Waals surface area contributed by atoms with Crippen molar-refractivity contribution in [3.63, 3.8) is 0 Å². The van der Waals surface area contributed by atoms with E-state index in [0.29, 0.717) is 33.2 Å². The van der Waals surface area contributed by atoms with Crippen LogP contribution < -0.4 is 14.4 Å². The highest BCUT2D eigenvalue weighted by atomic mass is 35.5. The summed E-state index contributed by atoms with van der Waals surface area (Å²) in [6, 6.07) is 20.9. The van der Waals surface area contributed by atoms with E-state index in [0.717, 1.165) is 0 Å². The summed E-state index contributed by atoms with van der Waals surface area (Å²) in [7, 11) is -2.69. The molecular weight excluding hydrogens is 448 g/mol. The molecule has 1 aliphatic heterocycles. The molecule has 8 heteroatoms. The summed E-state index contributed by atoms with van der Waals surface area (Å²) < 4.78 is 33.9. The zero-order chi connectivity index (χ0) is 22.9. The lowest BCUT2D eigenvalue weighted by atomic mass is 9.95. The molecule has 0 bridgehead atoms. The van der Waals surface area contributed by atoms with Crippen molar-refractivity contribution in [1.82, 2.24) is 0 Å². The summed E-state index contributed by atoms with van der Waals surface area (Å²) in [6.07, 6.45) is 0. The summed E-state index contributed by atoms with van der Waals surface area (Å²) in [5.74, 6) is -0.400. The third-order valence-electron chi connectivity index (χ3n) is 5.18. The lowest BCUT2D eigenvalue weighted by Gasteiger charge is -2.32. The van der Waals surface area contributed by atoms with E-state index in [1.165, 1.54) is 17.5 Å². The van der Waals surface area contributed by atoms with Gasteiger partial charge in [-0.1, -0.05) is 60.1 Å². The van der Waals surface area contributed by atoms with Crippen molar-refractivity contribution >= 4 is 44.5 Å². The fourth-order valence-corrected chi connectivity index (χ4v) is 5.73. The highest BCUT2D eigenvalue weighted by Gasteiger charge is 2.40. The average Bonchev–Trinajstić information content (AvgIpc) is 2.78. The number of para-hydroxylation sites is 1. The Morgan fingerprint density at radius 2 is 1.72 bits per heavy atom. The highest BCUT2D eigenvalue weighted by Crippen LogP contribution is 2.43. The van der Waals surface area contributed by atoms with Crippen LogP contribution in [0, 0.1) is 0 Å². The molecule has 1 N–H and O–H groups in total. The van der Waals surface area contributed by atoms with Crippen LogP contribution in [0.15, 0.2) is 77.7 Å². The van der Waals surface area contributed by atoms with Crippen LogP contribution in [0.5, 0.6) is 5.75 Å². The first-order valence-corrected chi connectivity index (χ1v) is 11.8. The molecule has 1 amide bonds. The number of benzene rings is 3. The molecule has 0 aromatic heterocycles. The van der Waals surface area contributed by atoms with Gasteiger partial charge in [-0.2, -0.15) is 0 Å². The fraction of sp³-hybridized carbons (Fsp3) is 0.125. The second-order valence-electron chi connectivity index (χ2n) is 7.06. The van der Waals surface area contributed by atoms with E-state index in [4.69, 9.17) is 16.3 Å². The zero-order valence-electron chi connectivity index (χ0n) is 17.5. The van der Waals surface area contributed by atoms with Gasteiger partial charge in [-0.3, -0.25) is 9.10 Å². The van der Waals surface area contributed by atoms with Crippen LogP contribution in [0.25, 0.3) is 5.57 Å². The molecule has 0 saturated heterocycles. The van der Waals surface area contributed by atoms with Crippen molar-refractivity contribution in [2.45, 2.75) is 6.92 Å². The van der Waals surface area contributed by atoms with Gasteiger partial charge in [0.2, 0.25) is 0 Å². The minimum absolute atomic E-state index is 0.179. The summed E-state index contributed by atoms with van der Waals surface area (Å²) in [6.45, 7) is 1.91. The lowest BCUT2D eigenvalue weighted by molar-refractivity contribution is -0.112. The molecule has 0 atom stereocenters. The molecule has 0 aliphatic carbocycles. The Balaban J connectivity index is 1.98. The number of halogens is 1. The minimum Gasteiger partial charge on any atom is -0.495 e. The largest absolute Gasteiger partial charge is 0.495 e. The molecule has 0 spiro atoms. The molecule has 1 aliphatic rings. The number of ether oxygens (including phenoxy) is 1. The van der Waals surface area contributed by atoms with Crippen LogP contribution in [0.4, 0.5) is 11.4 Å². The van der Waals surface area contributed by atoms with Gasteiger partial charge in [-0.25, -0.2) is 8.42 Å². The van der Waals surface area contributed by atoms with Gasteiger partial charge in [-0.05, 0) is 36.8 Å². The number of carbonyl (C=O) groups excluding carboxylic acids is 1. The lowest BCUT2D eigenvalue weighted by Crippen LogP contribution is -2.39. The zero-order valence-corrected chi connectivity index (χ0v) is 19.1. The van der Waals surface area contributed by atoms with Crippen molar-refractivity contribution < 1.29 is 17.9 Å². The van der Waals surface area contributed by atoms with Gasteiger partial charge < -0.3 is 10.1 Å². The Bertz CT molecular complexity index is 1320. The fourth-order valence-electron chi connectivity index (χ4n) is 3.81. The van der Waals surface area contributed by atoms with Crippen LogP contribution in [0.1, 0.15) is 18.1 Å². The smallest absolute Gasteiger partial charge is 0.270 e. The first kappa shape index (κ1) is 21.9. The summed E-state index contributed by atoms with van der Waals surface area (Å²) >= 11 is 6.09. The SMILES string of the molecule is CCN1c2ccccc2C(c2ccccc2)=C(C(=O)Nc2cc(Cl)ccc2OC)S1(=O)=O. The van der Waals surface area contributed by atoms with Crippen LogP contribution >= 0.6 is 11.6 Å². The first-order valence-electron chi connectivity index (χ1n) is 9.95. The maximum atomic E-state index is 13.7. The number of carbonyl (C=O) groups is 1. The van der Waals surface area contributed by atoms with Gasteiger partial charge in [0.1, 0.15) is 5.75 Å². The molecule has 0 fully saturated rings. The van der Waals surface area contributed by atoms with Gasteiger partial charge in [0.05, 0.1) is 18.5 Å². The monoisotopic (exact) mass is 468 g/mol. The van der Waals surface area contributed by atoms with Crippen molar-refractivity contribution in [2.75, 3.05) is 23.3 Å². The van der Waals surface area contributed by atoms with E-state index in [1.807, 2.05) is 18.2 Å². The average molecular weight is 469 g/mol. The number of nitrogens with zero attached hydrogens (tertiary/aromatic N) is 1. The molecular formula is C24H21ClN2O4S. The standard InChI is InChI=1S/C24H21ClN2O4S/c1-3-27-20-12-8-7-11-18(20)22(16-9-5-4-6-10-16)23(32(27,29)30)24(28)26-19-15-17(25)13-14-21(19)31-2/h4-15H,3H2,1-2H3,(H,26,28). The van der Waals surface area contributed by atoms with Crippen molar-refractivity contribution in [2.24, 2.45) is 0 Å². The number of hydrogen-bond donors (Lipinski definition) is 1. The van der Waals surface area contributed by atoms with E-state index in [1.54, 1.807) is 55.5 Å². The quantitative estimate of drug-likeness (QED) is 0.576. The molecule has 3 aromatic carbocycles. The van der Waals surface area contributed by atoms with E-state index >= 15 is 0 Å². The van der Waals surface area contributed by atoms with E-state index in [9.17, 15) is 13.2 Å². The topological polar surface area (TPSA) is 75.7 Å². The van der Waals surface area contributed by atoms with Gasteiger partial charge in [0.15, 0.2) is 4.91 Å². The van der Waals surface area contributed by atoms with Crippen molar-refractivity contribution in [3.8, 4) is 5.75 Å². The first-order chi connectivity index (χ1) is 15.4. The van der Waals surface area contributed by atoms with Gasteiger partial charge in [0, 0.05) is 22.7 Å². The van der Waals surface area contributed by atoms with E-state index in [2.05, 4.69) is 5.32 Å². The minimum atomic E-state index is -4.15. The number of fused-ring (bicyclic) bond motifs is 1. The Hall–Kier alpha value is -3.29. The van der Waals surface area contributed by atoms with Gasteiger partial charge in [0.25, 0.3) is 15.9 Å². The van der Waals surface area contributed by atoms with Gasteiger partial charge >= 0.3 is 0 Å². The Morgan fingerprint density at radius 3 is 2.41 bits per heavy atom. The Labute approximate surface area is 192 Å². The normalized spacial score (nSPS) is 14.7. The second kappa shape index (κ2) is 8.68. The molecule has 3 aromatic rings. The van der Waals surface area contributed by atoms with Crippen LogP contribution in [-0.2, 0) is 14.8 Å². The molecule has 4 rings (SSSR count). The molecule has 164 valence electrons. The van der Waals surface area contributed by atoms with Crippen LogP contribution in [0.3, 0.4) is 0 Å². The third kappa shape index (κ3) is 3.74. The predicted molar refractivity (Wildman–Crippen MR) is 127 cm³/mol. The number of hydrogen-bond acceptors (Lipinski definition) is 4. The second-order valence-corrected chi connectivity index (χ2v) is 9.29. The number of methoxy groups -OCH3 is 1. The maximum absolute atomic E-state index is 13.7. The molecule has 0 unspecified atom stereocenters. The summed E-state index contributed by atoms with van der Waals surface area (Å²) in [5.41, 5.74) is 2.46. The summed E-state index contributed by atoms with van der Waals surface area (Å²) in [5, 5.41) is 3.07. The van der Waals surface area contributed by atoms with Crippen molar-refractivity contribution in [1.29, 1.82) is 0 Å². The van der Waals surface area contributed by atoms with Crippen LogP contribution in [-0.4, -0.2) is 28.0 Å². The molecule has 6 nitrogen and oxygen atoms in total. The highest BCUT2D eigenvalue weighted by molar-refractivity contribution is 7.97. The van der Waals surface area contributed by atoms with E-state index in [-0.39, 0.29) is 17.1 Å². The van der Waals surface area contributed by atoms with E-state index < -0.39 is 15.9 Å². The molecule has 0 radical (unpaired) electrons. The number of sulfonamides is 1. The number of amides is 1. The molecule has 0 saturated carbocycles. The predicted octanol–water partition coefficient (Wildman–Crippen LogP) is 4.92. The summed E-state index contributed by atoms with van der Waals surface area (Å²) in [4.78, 5) is 13.2.